The third kappa shape index (κ3) is 3.17. The van der Waals surface area contributed by atoms with Crippen LogP contribution in [0.25, 0.3) is 0 Å². The highest BCUT2D eigenvalue weighted by Crippen LogP contribution is 2.21. The average molecular weight is 301 g/mol. The molecule has 1 heterocycles. The molecule has 0 aliphatic carbocycles. The summed E-state index contributed by atoms with van der Waals surface area (Å²) >= 11 is 0. The van der Waals surface area contributed by atoms with Crippen LogP contribution in [0.3, 0.4) is 0 Å². The number of piperazine rings is 1. The molecule has 20 heavy (non-hydrogen) atoms. The lowest BCUT2D eigenvalue weighted by Gasteiger charge is -2.33. The van der Waals surface area contributed by atoms with Crippen molar-refractivity contribution in [2.75, 3.05) is 39.3 Å². The molecule has 0 radical (unpaired) electrons. The lowest BCUT2D eigenvalue weighted by molar-refractivity contribution is 0.192. The number of rotatable bonds is 4. The first-order chi connectivity index (χ1) is 9.45. The van der Waals surface area contributed by atoms with E-state index in [4.69, 9.17) is 5.73 Å². The minimum absolute atomic E-state index is 0.186. The van der Waals surface area contributed by atoms with Crippen LogP contribution in [0.15, 0.2) is 23.1 Å². The summed E-state index contributed by atoms with van der Waals surface area (Å²) < 4.78 is 39.6. The van der Waals surface area contributed by atoms with E-state index in [0.717, 1.165) is 6.54 Å². The zero-order valence-corrected chi connectivity index (χ0v) is 12.4. The topological polar surface area (TPSA) is 66.6 Å². The fraction of sp³-hybridized carbons (Fsp3) is 0.538. The van der Waals surface area contributed by atoms with Crippen molar-refractivity contribution in [3.63, 3.8) is 0 Å². The maximum Gasteiger partial charge on any atom is 0.243 e. The van der Waals surface area contributed by atoms with E-state index in [2.05, 4.69) is 4.90 Å². The quantitative estimate of drug-likeness (QED) is 0.874. The fourth-order valence-electron chi connectivity index (χ4n) is 2.42. The summed E-state index contributed by atoms with van der Waals surface area (Å²) in [6.07, 6.45) is 0. The van der Waals surface area contributed by atoms with Crippen molar-refractivity contribution in [2.24, 2.45) is 5.73 Å². The predicted octanol–water partition coefficient (Wildman–Crippen LogP) is 0.399. The van der Waals surface area contributed by atoms with Gasteiger partial charge >= 0.3 is 0 Å². The predicted molar refractivity (Wildman–Crippen MR) is 75.4 cm³/mol. The van der Waals surface area contributed by atoms with Crippen molar-refractivity contribution < 1.29 is 12.8 Å². The van der Waals surface area contributed by atoms with E-state index < -0.39 is 15.8 Å². The monoisotopic (exact) mass is 301 g/mol. The Morgan fingerprint density at radius 2 is 1.90 bits per heavy atom. The van der Waals surface area contributed by atoms with Gasteiger partial charge in [-0.15, -0.1) is 0 Å². The van der Waals surface area contributed by atoms with Crippen molar-refractivity contribution in [1.29, 1.82) is 0 Å². The van der Waals surface area contributed by atoms with Crippen LogP contribution in [0.5, 0.6) is 0 Å². The van der Waals surface area contributed by atoms with E-state index in [1.165, 1.54) is 22.5 Å². The summed E-state index contributed by atoms with van der Waals surface area (Å²) in [5.74, 6) is -0.422. The molecule has 1 aromatic rings. The molecule has 112 valence electrons. The van der Waals surface area contributed by atoms with Gasteiger partial charge in [-0.2, -0.15) is 4.31 Å². The second kappa shape index (κ2) is 6.17. The Labute approximate surface area is 119 Å². The molecule has 0 saturated carbocycles. The number of nitrogens with zero attached hydrogens (tertiary/aromatic N) is 2. The molecule has 1 fully saturated rings. The van der Waals surface area contributed by atoms with Gasteiger partial charge in [0.1, 0.15) is 5.82 Å². The van der Waals surface area contributed by atoms with Gasteiger partial charge in [-0.05, 0) is 30.7 Å². The van der Waals surface area contributed by atoms with Crippen LogP contribution in [-0.2, 0) is 10.0 Å². The Morgan fingerprint density at radius 1 is 1.25 bits per heavy atom. The number of sulfonamides is 1. The summed E-state index contributed by atoms with van der Waals surface area (Å²) in [6.45, 7) is 5.21. The summed E-state index contributed by atoms with van der Waals surface area (Å²) in [4.78, 5) is 2.33. The zero-order valence-electron chi connectivity index (χ0n) is 11.5. The van der Waals surface area contributed by atoms with Gasteiger partial charge in [0.2, 0.25) is 10.0 Å². The van der Waals surface area contributed by atoms with Gasteiger partial charge < -0.3 is 5.73 Å². The fourth-order valence-corrected chi connectivity index (χ4v) is 4.05. The third-order valence-corrected chi connectivity index (χ3v) is 5.59. The second-order valence-corrected chi connectivity index (χ2v) is 6.85. The Hall–Kier alpha value is -1.02. The number of hydrogen-bond donors (Lipinski definition) is 1. The first kappa shape index (κ1) is 15.4. The minimum atomic E-state index is -3.54. The molecule has 1 saturated heterocycles. The summed E-state index contributed by atoms with van der Waals surface area (Å²) in [6, 6.07) is 3.77. The van der Waals surface area contributed by atoms with Crippen molar-refractivity contribution >= 4 is 10.0 Å². The minimum Gasteiger partial charge on any atom is -0.329 e. The van der Waals surface area contributed by atoms with Gasteiger partial charge in [-0.1, -0.05) is 0 Å². The van der Waals surface area contributed by atoms with Crippen LogP contribution in [-0.4, -0.2) is 56.9 Å². The molecule has 1 aromatic carbocycles. The molecule has 0 atom stereocenters. The highest BCUT2D eigenvalue weighted by Gasteiger charge is 2.29. The molecular formula is C13H20FN3O2S. The van der Waals surface area contributed by atoms with Crippen molar-refractivity contribution in [3.05, 3.63) is 29.6 Å². The van der Waals surface area contributed by atoms with Crippen LogP contribution in [0.1, 0.15) is 5.56 Å². The summed E-state index contributed by atoms with van der Waals surface area (Å²) in [5.41, 5.74) is 5.94. The van der Waals surface area contributed by atoms with Crippen LogP contribution in [0, 0.1) is 12.7 Å². The summed E-state index contributed by atoms with van der Waals surface area (Å²) in [7, 11) is -3.54. The van der Waals surface area contributed by atoms with Gasteiger partial charge in [-0.3, -0.25) is 4.90 Å². The van der Waals surface area contributed by atoms with Crippen molar-refractivity contribution in [1.82, 2.24) is 9.21 Å². The first-order valence-electron chi connectivity index (χ1n) is 6.64. The molecule has 2 N–H and O–H groups in total. The molecule has 1 aliphatic rings. The van der Waals surface area contributed by atoms with E-state index in [1.807, 2.05) is 0 Å². The molecule has 7 heteroatoms. The number of halogens is 1. The van der Waals surface area contributed by atoms with E-state index >= 15 is 0 Å². The van der Waals surface area contributed by atoms with Gasteiger partial charge in [0.25, 0.3) is 0 Å². The summed E-state index contributed by atoms with van der Waals surface area (Å²) in [5, 5.41) is 0. The Bertz CT molecular complexity index is 569. The van der Waals surface area contributed by atoms with Crippen LogP contribution in [0.4, 0.5) is 4.39 Å². The van der Waals surface area contributed by atoms with E-state index in [0.29, 0.717) is 38.3 Å². The largest absolute Gasteiger partial charge is 0.329 e. The van der Waals surface area contributed by atoms with Gasteiger partial charge in [0.05, 0.1) is 4.90 Å². The SMILES string of the molecule is Cc1cc(F)ccc1S(=O)(=O)N1CCN(CCN)CC1. The second-order valence-electron chi connectivity index (χ2n) is 4.94. The molecular weight excluding hydrogens is 281 g/mol. The van der Waals surface area contributed by atoms with Crippen LogP contribution >= 0.6 is 0 Å². The number of aryl methyl sites for hydroxylation is 1. The lowest BCUT2D eigenvalue weighted by atomic mass is 10.2. The smallest absolute Gasteiger partial charge is 0.243 e. The highest BCUT2D eigenvalue weighted by molar-refractivity contribution is 7.89. The van der Waals surface area contributed by atoms with Gasteiger partial charge in [0.15, 0.2) is 0 Å². The van der Waals surface area contributed by atoms with Crippen LogP contribution < -0.4 is 5.73 Å². The van der Waals surface area contributed by atoms with E-state index in [9.17, 15) is 12.8 Å². The van der Waals surface area contributed by atoms with E-state index in [1.54, 1.807) is 6.92 Å². The van der Waals surface area contributed by atoms with Gasteiger partial charge in [-0.25, -0.2) is 12.8 Å². The van der Waals surface area contributed by atoms with Gasteiger partial charge in [0, 0.05) is 39.3 Å². The molecule has 0 aromatic heterocycles. The maximum absolute atomic E-state index is 13.1. The van der Waals surface area contributed by atoms with E-state index in [-0.39, 0.29) is 4.90 Å². The number of nitrogens with two attached hydrogens (primary N) is 1. The molecule has 0 amide bonds. The zero-order chi connectivity index (χ0) is 14.8. The van der Waals surface area contributed by atoms with Crippen molar-refractivity contribution in [3.8, 4) is 0 Å². The normalized spacial score (nSPS) is 18.4. The molecule has 0 unspecified atom stereocenters. The molecule has 1 aliphatic heterocycles. The number of benzene rings is 1. The molecule has 2 rings (SSSR count). The average Bonchev–Trinajstić information content (AvgIpc) is 2.39. The third-order valence-electron chi connectivity index (χ3n) is 3.53. The molecule has 0 bridgehead atoms. The first-order valence-corrected chi connectivity index (χ1v) is 8.08. The molecule has 0 spiro atoms. The number of hydrogen-bond acceptors (Lipinski definition) is 4. The Kier molecular flexibility index (Phi) is 4.74. The maximum atomic E-state index is 13.1. The van der Waals surface area contributed by atoms with Crippen LogP contribution in [0.2, 0.25) is 0 Å². The highest BCUT2D eigenvalue weighted by atomic mass is 32.2. The Morgan fingerprint density at radius 3 is 2.45 bits per heavy atom. The molecule has 5 nitrogen and oxygen atoms in total. The lowest BCUT2D eigenvalue weighted by Crippen LogP contribution is -2.49. The Balaban J connectivity index is 2.15. The van der Waals surface area contributed by atoms with Crippen molar-refractivity contribution in [2.45, 2.75) is 11.8 Å². The standard InChI is InChI=1S/C13H20FN3O2S/c1-11-10-12(14)2-3-13(11)20(18,19)17-8-6-16(5-4-15)7-9-17/h2-3,10H,4-9,15H2,1H3.